The van der Waals surface area contributed by atoms with Gasteiger partial charge < -0.3 is 9.47 Å². The molecule has 0 saturated heterocycles. The Hall–Kier alpha value is -0.0800. The molecule has 6 atom stereocenters. The highest BCUT2D eigenvalue weighted by atomic mass is 16.7. The number of ether oxygens (including phenoxy) is 2. The second-order valence-electron chi connectivity index (χ2n) is 10.8. The first-order chi connectivity index (χ1) is 11.3. The number of fused-ring (bicyclic) bond motifs is 4. The Morgan fingerprint density at radius 3 is 2.29 bits per heavy atom. The van der Waals surface area contributed by atoms with Crippen LogP contribution in [0.2, 0.25) is 0 Å². The molecular weight excluding hydrogens is 296 g/mol. The van der Waals surface area contributed by atoms with E-state index < -0.39 is 0 Å². The van der Waals surface area contributed by atoms with E-state index in [0.29, 0.717) is 29.1 Å². The van der Waals surface area contributed by atoms with E-state index in [1.807, 2.05) is 0 Å². The van der Waals surface area contributed by atoms with E-state index in [4.69, 9.17) is 9.47 Å². The molecule has 0 N–H and O–H groups in total. The average molecular weight is 335 g/mol. The molecule has 4 fully saturated rings. The van der Waals surface area contributed by atoms with Crippen LogP contribution < -0.4 is 0 Å². The average Bonchev–Trinajstić information content (AvgIpc) is 3.18. The van der Waals surface area contributed by atoms with Crippen molar-refractivity contribution in [3.05, 3.63) is 0 Å². The topological polar surface area (TPSA) is 18.5 Å². The first kappa shape index (κ1) is 17.3. The third-order valence-electron chi connectivity index (χ3n) is 9.69. The Bertz CT molecular complexity index is 482. The minimum atomic E-state index is 0.355. The molecule has 4 aliphatic carbocycles. The van der Waals surface area contributed by atoms with Gasteiger partial charge in [0.2, 0.25) is 0 Å². The van der Waals surface area contributed by atoms with E-state index >= 15 is 0 Å². The van der Waals surface area contributed by atoms with Crippen molar-refractivity contribution in [2.75, 3.05) is 13.4 Å². The Labute approximate surface area is 149 Å². The van der Waals surface area contributed by atoms with Crippen molar-refractivity contribution in [1.82, 2.24) is 0 Å². The summed E-state index contributed by atoms with van der Waals surface area (Å²) in [7, 11) is 0. The summed E-state index contributed by atoms with van der Waals surface area (Å²) in [6, 6.07) is 0. The highest BCUT2D eigenvalue weighted by Gasteiger charge is 2.61. The highest BCUT2D eigenvalue weighted by molar-refractivity contribution is 5.11. The molecule has 0 aromatic rings. The van der Waals surface area contributed by atoms with Crippen LogP contribution in [0.1, 0.15) is 79.6 Å². The van der Waals surface area contributed by atoms with Gasteiger partial charge in [-0.3, -0.25) is 0 Å². The van der Waals surface area contributed by atoms with Gasteiger partial charge in [0, 0.05) is 6.61 Å². The molecule has 4 saturated carbocycles. The molecule has 2 heteroatoms. The summed E-state index contributed by atoms with van der Waals surface area (Å²) in [4.78, 5) is 0. The monoisotopic (exact) mass is 334 g/mol. The third kappa shape index (κ3) is 2.35. The molecule has 0 aromatic heterocycles. The molecule has 0 amide bonds. The van der Waals surface area contributed by atoms with Crippen LogP contribution in [0.25, 0.3) is 0 Å². The van der Waals surface area contributed by atoms with Crippen molar-refractivity contribution in [2.24, 2.45) is 39.9 Å². The molecule has 6 unspecified atom stereocenters. The van der Waals surface area contributed by atoms with Crippen LogP contribution in [0.15, 0.2) is 0 Å². The fourth-order valence-electron chi connectivity index (χ4n) is 7.36. The van der Waals surface area contributed by atoms with Gasteiger partial charge in [0.15, 0.2) is 0 Å². The summed E-state index contributed by atoms with van der Waals surface area (Å²) in [5, 5.41) is 0. The van der Waals surface area contributed by atoms with Crippen LogP contribution >= 0.6 is 0 Å². The van der Waals surface area contributed by atoms with Gasteiger partial charge in [0.25, 0.3) is 0 Å². The van der Waals surface area contributed by atoms with Gasteiger partial charge in [0.05, 0.1) is 6.10 Å². The van der Waals surface area contributed by atoms with E-state index in [0.717, 1.165) is 30.3 Å². The standard InChI is InChI=1S/C22H38O2/c1-20(2)16-7-6-15(12-16)18(20)9-11-23-14-24-19-13-17-8-10-22(19,5)21(17,3)4/h15-19H,6-14H2,1-5H3. The number of rotatable bonds is 6. The van der Waals surface area contributed by atoms with E-state index in [1.54, 1.807) is 0 Å². The smallest absolute Gasteiger partial charge is 0.147 e. The Kier molecular flexibility index (Phi) is 4.12. The van der Waals surface area contributed by atoms with Crippen molar-refractivity contribution in [2.45, 2.75) is 85.7 Å². The van der Waals surface area contributed by atoms with Crippen molar-refractivity contribution >= 4 is 0 Å². The van der Waals surface area contributed by atoms with Gasteiger partial charge in [-0.15, -0.1) is 0 Å². The lowest BCUT2D eigenvalue weighted by Gasteiger charge is -2.39. The van der Waals surface area contributed by atoms with Crippen LogP contribution in [0.4, 0.5) is 0 Å². The summed E-state index contributed by atoms with van der Waals surface area (Å²) in [6.07, 6.45) is 10.0. The molecule has 0 radical (unpaired) electrons. The second kappa shape index (κ2) is 5.71. The van der Waals surface area contributed by atoms with Gasteiger partial charge in [-0.05, 0) is 84.9 Å². The van der Waals surface area contributed by atoms with Crippen molar-refractivity contribution < 1.29 is 9.47 Å². The van der Waals surface area contributed by atoms with Gasteiger partial charge in [-0.1, -0.05) is 34.6 Å². The normalized spacial score (nSPS) is 47.6. The van der Waals surface area contributed by atoms with Crippen molar-refractivity contribution in [1.29, 1.82) is 0 Å². The summed E-state index contributed by atoms with van der Waals surface area (Å²) in [5.74, 6) is 3.66. The predicted octanol–water partition coefficient (Wildman–Crippen LogP) is 5.65. The molecule has 0 heterocycles. The zero-order chi connectivity index (χ0) is 17.2. The maximum absolute atomic E-state index is 6.23. The molecule has 0 aliphatic heterocycles. The Morgan fingerprint density at radius 1 is 0.917 bits per heavy atom. The van der Waals surface area contributed by atoms with Gasteiger partial charge >= 0.3 is 0 Å². The van der Waals surface area contributed by atoms with Crippen LogP contribution in [-0.4, -0.2) is 19.5 Å². The van der Waals surface area contributed by atoms with Crippen molar-refractivity contribution in [3.8, 4) is 0 Å². The Balaban J connectivity index is 1.21. The maximum atomic E-state index is 6.23. The Morgan fingerprint density at radius 2 is 1.71 bits per heavy atom. The summed E-state index contributed by atoms with van der Waals surface area (Å²) in [6.45, 7) is 13.7. The lowest BCUT2D eigenvalue weighted by atomic mass is 9.67. The predicted molar refractivity (Wildman–Crippen MR) is 97.6 cm³/mol. The second-order valence-corrected chi connectivity index (χ2v) is 10.8. The lowest BCUT2D eigenvalue weighted by Crippen LogP contribution is -2.37. The minimum Gasteiger partial charge on any atom is -0.355 e. The zero-order valence-electron chi connectivity index (χ0n) is 16.6. The van der Waals surface area contributed by atoms with Gasteiger partial charge in [0.1, 0.15) is 6.79 Å². The molecule has 4 bridgehead atoms. The molecule has 4 aliphatic rings. The molecule has 4 rings (SSSR count). The highest BCUT2D eigenvalue weighted by Crippen LogP contribution is 2.66. The number of hydrogen-bond acceptors (Lipinski definition) is 2. The first-order valence-corrected chi connectivity index (χ1v) is 10.5. The number of hydrogen-bond donors (Lipinski definition) is 0. The SMILES string of the molecule is CC1(C)C2CCC(C2)C1CCOCOC1CC2CCC1(C)C2(C)C. The van der Waals surface area contributed by atoms with E-state index in [2.05, 4.69) is 34.6 Å². The molecule has 2 nitrogen and oxygen atoms in total. The fraction of sp³-hybridized carbons (Fsp3) is 1.00. The molecule has 138 valence electrons. The summed E-state index contributed by atoms with van der Waals surface area (Å²) < 4.78 is 12.2. The summed E-state index contributed by atoms with van der Waals surface area (Å²) in [5.41, 5.74) is 1.33. The van der Waals surface area contributed by atoms with Gasteiger partial charge in [-0.25, -0.2) is 0 Å². The molecule has 0 spiro atoms. The van der Waals surface area contributed by atoms with E-state index in [-0.39, 0.29) is 0 Å². The van der Waals surface area contributed by atoms with Crippen LogP contribution in [0.3, 0.4) is 0 Å². The van der Waals surface area contributed by atoms with Crippen LogP contribution in [0, 0.1) is 39.9 Å². The zero-order valence-corrected chi connectivity index (χ0v) is 16.6. The first-order valence-electron chi connectivity index (χ1n) is 10.5. The van der Waals surface area contributed by atoms with Crippen molar-refractivity contribution in [3.63, 3.8) is 0 Å². The molecule has 0 aromatic carbocycles. The largest absolute Gasteiger partial charge is 0.355 e. The third-order valence-corrected chi connectivity index (χ3v) is 9.69. The minimum absolute atomic E-state index is 0.355. The molecular formula is C22H38O2. The maximum Gasteiger partial charge on any atom is 0.147 e. The van der Waals surface area contributed by atoms with Crippen LogP contribution in [0.5, 0.6) is 0 Å². The van der Waals surface area contributed by atoms with Gasteiger partial charge in [-0.2, -0.15) is 0 Å². The lowest BCUT2D eigenvalue weighted by molar-refractivity contribution is -0.134. The van der Waals surface area contributed by atoms with Crippen LogP contribution in [-0.2, 0) is 9.47 Å². The molecule has 24 heavy (non-hydrogen) atoms. The van der Waals surface area contributed by atoms with E-state index in [1.165, 1.54) is 44.9 Å². The van der Waals surface area contributed by atoms with E-state index in [9.17, 15) is 0 Å². The summed E-state index contributed by atoms with van der Waals surface area (Å²) >= 11 is 0. The fourth-order valence-corrected chi connectivity index (χ4v) is 7.36. The quantitative estimate of drug-likeness (QED) is 0.461.